The van der Waals surface area contributed by atoms with Crippen molar-refractivity contribution >= 4 is 5.91 Å². The number of aryl methyl sites for hydroxylation is 1. The number of rotatable bonds is 3. The van der Waals surface area contributed by atoms with E-state index in [1.165, 1.54) is 0 Å². The highest BCUT2D eigenvalue weighted by Gasteiger charge is 2.47. The lowest BCUT2D eigenvalue weighted by molar-refractivity contribution is 0.0780. The summed E-state index contributed by atoms with van der Waals surface area (Å²) < 4.78 is 11.5. The minimum atomic E-state index is -0.187. The number of benzene rings is 1. The molecule has 6 heteroatoms. The molecule has 0 radical (unpaired) electrons. The maximum Gasteiger partial charge on any atom is 0.255 e. The number of ether oxygens (including phenoxy) is 2. The predicted molar refractivity (Wildman–Crippen MR) is 113 cm³/mol. The smallest absolute Gasteiger partial charge is 0.255 e. The Labute approximate surface area is 175 Å². The van der Waals surface area contributed by atoms with E-state index in [0.29, 0.717) is 31.1 Å². The Morgan fingerprint density at radius 2 is 2.13 bits per heavy atom. The molecule has 30 heavy (non-hydrogen) atoms. The van der Waals surface area contributed by atoms with E-state index in [1.807, 2.05) is 42.2 Å². The molecule has 6 nitrogen and oxygen atoms in total. The number of methoxy groups -OCH3 is 1. The van der Waals surface area contributed by atoms with Crippen LogP contribution in [-0.4, -0.2) is 47.6 Å². The second-order valence-electron chi connectivity index (χ2n) is 8.07. The van der Waals surface area contributed by atoms with Gasteiger partial charge in [0.1, 0.15) is 5.75 Å². The van der Waals surface area contributed by atoms with Gasteiger partial charge in [-0.2, -0.15) is 0 Å². The molecule has 1 aromatic carbocycles. The molecule has 1 saturated heterocycles. The van der Waals surface area contributed by atoms with Gasteiger partial charge in [0.25, 0.3) is 5.91 Å². The summed E-state index contributed by atoms with van der Waals surface area (Å²) in [6, 6.07) is 12.0. The molecule has 1 amide bonds. The van der Waals surface area contributed by atoms with Gasteiger partial charge in [0.15, 0.2) is 0 Å². The second kappa shape index (κ2) is 7.13. The maximum absolute atomic E-state index is 13.0. The number of aromatic nitrogens is 2. The minimum Gasteiger partial charge on any atom is -0.492 e. The van der Waals surface area contributed by atoms with Gasteiger partial charge in [0.2, 0.25) is 5.88 Å². The quantitative estimate of drug-likeness (QED) is 0.671. The van der Waals surface area contributed by atoms with Gasteiger partial charge in [0.05, 0.1) is 24.7 Å². The van der Waals surface area contributed by atoms with E-state index in [0.717, 1.165) is 34.4 Å². The van der Waals surface area contributed by atoms with E-state index < -0.39 is 0 Å². The van der Waals surface area contributed by atoms with Gasteiger partial charge in [-0.1, -0.05) is 6.07 Å². The number of carbonyl (C=O) groups is 1. The fraction of sp³-hybridized carbons (Fsp3) is 0.292. The second-order valence-corrected chi connectivity index (χ2v) is 8.07. The number of carbonyl (C=O) groups excluding carboxylic acids is 1. The molecular formula is C24H23N3O3. The number of amides is 1. The number of likely N-dealkylation sites (tertiary alicyclic amines) is 1. The first-order chi connectivity index (χ1) is 14.6. The van der Waals surface area contributed by atoms with E-state index in [9.17, 15) is 4.79 Å². The zero-order chi connectivity index (χ0) is 20.7. The third kappa shape index (κ3) is 3.00. The topological polar surface area (TPSA) is 64.5 Å². The van der Waals surface area contributed by atoms with Crippen LogP contribution in [0.3, 0.4) is 0 Å². The number of hydrogen-bond acceptors (Lipinski definition) is 5. The lowest BCUT2D eigenvalue weighted by atomic mass is 9.80. The van der Waals surface area contributed by atoms with Crippen molar-refractivity contribution in [1.29, 1.82) is 0 Å². The summed E-state index contributed by atoms with van der Waals surface area (Å²) in [5.41, 5.74) is 4.58. The lowest BCUT2D eigenvalue weighted by Gasteiger charge is -2.23. The summed E-state index contributed by atoms with van der Waals surface area (Å²) in [7, 11) is 1.63. The minimum absolute atomic E-state index is 0.0293. The molecule has 1 spiro atoms. The van der Waals surface area contributed by atoms with Crippen molar-refractivity contribution in [2.75, 3.05) is 26.8 Å². The molecule has 0 bridgehead atoms. The molecule has 0 N–H and O–H groups in total. The lowest BCUT2D eigenvalue weighted by Crippen LogP contribution is -2.35. The average molecular weight is 401 g/mol. The molecule has 1 atom stereocenters. The Bertz CT molecular complexity index is 1130. The van der Waals surface area contributed by atoms with Crippen molar-refractivity contribution in [3.63, 3.8) is 0 Å². The summed E-state index contributed by atoms with van der Waals surface area (Å²) in [6.07, 6.45) is 6.00. The highest BCUT2D eigenvalue weighted by Crippen LogP contribution is 2.47. The number of fused-ring (bicyclic) bond motifs is 2. The summed E-state index contributed by atoms with van der Waals surface area (Å²) in [4.78, 5) is 23.5. The van der Waals surface area contributed by atoms with Crippen LogP contribution in [-0.2, 0) is 5.41 Å². The van der Waals surface area contributed by atoms with Gasteiger partial charge in [-0.05, 0) is 54.8 Å². The zero-order valence-corrected chi connectivity index (χ0v) is 17.1. The number of nitrogens with zero attached hydrogens (tertiary/aromatic N) is 3. The summed E-state index contributed by atoms with van der Waals surface area (Å²) >= 11 is 0. The van der Waals surface area contributed by atoms with Crippen LogP contribution in [0.25, 0.3) is 11.1 Å². The fourth-order valence-corrected chi connectivity index (χ4v) is 4.54. The molecule has 0 unspecified atom stereocenters. The van der Waals surface area contributed by atoms with Crippen LogP contribution in [0.4, 0.5) is 0 Å². The average Bonchev–Trinajstić information content (AvgIpc) is 3.38. The Balaban J connectivity index is 1.46. The van der Waals surface area contributed by atoms with E-state index in [2.05, 4.69) is 16.0 Å². The Morgan fingerprint density at radius 3 is 2.97 bits per heavy atom. The van der Waals surface area contributed by atoms with E-state index in [4.69, 9.17) is 9.47 Å². The van der Waals surface area contributed by atoms with Gasteiger partial charge >= 0.3 is 0 Å². The van der Waals surface area contributed by atoms with Crippen molar-refractivity contribution in [1.82, 2.24) is 14.9 Å². The van der Waals surface area contributed by atoms with Crippen LogP contribution in [0, 0.1) is 6.92 Å². The van der Waals surface area contributed by atoms with Gasteiger partial charge in [-0.3, -0.25) is 9.78 Å². The maximum atomic E-state index is 13.0. The Hall–Kier alpha value is -3.41. The Morgan fingerprint density at radius 1 is 1.23 bits per heavy atom. The Kier molecular flexibility index (Phi) is 4.42. The molecular weight excluding hydrogens is 378 g/mol. The normalized spacial score (nSPS) is 19.6. The van der Waals surface area contributed by atoms with Crippen LogP contribution in [0.15, 0.2) is 55.0 Å². The molecule has 152 valence electrons. The number of pyridine rings is 2. The van der Waals surface area contributed by atoms with Crippen LogP contribution in [0.2, 0.25) is 0 Å². The highest BCUT2D eigenvalue weighted by atomic mass is 16.5. The van der Waals surface area contributed by atoms with Gasteiger partial charge in [-0.25, -0.2) is 4.98 Å². The van der Waals surface area contributed by atoms with Gasteiger partial charge in [-0.15, -0.1) is 0 Å². The molecule has 0 saturated carbocycles. The zero-order valence-electron chi connectivity index (χ0n) is 17.1. The summed E-state index contributed by atoms with van der Waals surface area (Å²) in [6.45, 7) is 3.88. The van der Waals surface area contributed by atoms with Crippen LogP contribution < -0.4 is 9.47 Å². The molecule has 1 fully saturated rings. The van der Waals surface area contributed by atoms with Gasteiger partial charge in [0, 0.05) is 42.8 Å². The number of hydrogen-bond donors (Lipinski definition) is 0. The van der Waals surface area contributed by atoms with Crippen LogP contribution in [0.5, 0.6) is 11.6 Å². The van der Waals surface area contributed by atoms with Crippen molar-refractivity contribution in [3.05, 3.63) is 71.7 Å². The highest BCUT2D eigenvalue weighted by molar-refractivity contribution is 5.94. The first-order valence-corrected chi connectivity index (χ1v) is 10.1. The predicted octanol–water partition coefficient (Wildman–Crippen LogP) is 3.64. The van der Waals surface area contributed by atoms with Crippen molar-refractivity contribution in [2.45, 2.75) is 18.8 Å². The first-order valence-electron chi connectivity index (χ1n) is 10.1. The molecule has 2 aliphatic heterocycles. The summed E-state index contributed by atoms with van der Waals surface area (Å²) in [5, 5.41) is 0. The largest absolute Gasteiger partial charge is 0.492 e. The third-order valence-electron chi connectivity index (χ3n) is 6.09. The fourth-order valence-electron chi connectivity index (χ4n) is 4.54. The standard InChI is InChI=1S/C24H23N3O3/c1-16-10-18(13-25-12-16)23(28)27-9-7-24(14-27)15-30-21-6-5-17(11-20(21)24)19-4-3-8-26-22(19)29-2/h3-6,8,10-13H,7,9,14-15H2,1-2H3/t24-/m0/s1. The van der Waals surface area contributed by atoms with E-state index in [-0.39, 0.29) is 11.3 Å². The summed E-state index contributed by atoms with van der Waals surface area (Å²) in [5.74, 6) is 1.52. The molecule has 2 aromatic heterocycles. The molecule has 2 aliphatic rings. The molecule has 0 aliphatic carbocycles. The first kappa shape index (κ1) is 18.6. The van der Waals surface area contributed by atoms with Gasteiger partial charge < -0.3 is 14.4 Å². The van der Waals surface area contributed by atoms with Crippen LogP contribution in [0.1, 0.15) is 27.9 Å². The van der Waals surface area contributed by atoms with Crippen molar-refractivity contribution in [3.8, 4) is 22.8 Å². The monoisotopic (exact) mass is 401 g/mol. The van der Waals surface area contributed by atoms with E-state index >= 15 is 0 Å². The molecule has 4 heterocycles. The SMILES string of the molecule is COc1ncccc1-c1ccc2c(c1)[C@]1(CCN(C(=O)c3cncc(C)c3)C1)CO2. The van der Waals surface area contributed by atoms with Crippen molar-refractivity contribution in [2.24, 2.45) is 0 Å². The molecule has 5 rings (SSSR count). The molecule has 3 aromatic rings. The third-order valence-corrected chi connectivity index (χ3v) is 6.09. The van der Waals surface area contributed by atoms with Crippen molar-refractivity contribution < 1.29 is 14.3 Å². The van der Waals surface area contributed by atoms with Crippen LogP contribution >= 0.6 is 0 Å². The van der Waals surface area contributed by atoms with E-state index in [1.54, 1.807) is 25.7 Å².